The van der Waals surface area contributed by atoms with Gasteiger partial charge in [-0.1, -0.05) is 12.2 Å². The summed E-state index contributed by atoms with van der Waals surface area (Å²) in [5.41, 5.74) is 1.80. The third kappa shape index (κ3) is 2.90. The number of carbonyl (C=O) groups excluding carboxylic acids is 1. The van der Waals surface area contributed by atoms with E-state index in [4.69, 9.17) is 16.6 Å². The molecule has 2 N–H and O–H groups in total. The fraction of sp³-hybridized carbons (Fsp3) is 0.176. The van der Waals surface area contributed by atoms with Crippen LogP contribution in [-0.2, 0) is 0 Å². The minimum atomic E-state index is -0.368. The molecule has 118 valence electrons. The molecule has 0 radical (unpaired) electrons. The van der Waals surface area contributed by atoms with E-state index in [0.29, 0.717) is 26.9 Å². The van der Waals surface area contributed by atoms with Crippen LogP contribution in [0, 0.1) is 17.4 Å². The van der Waals surface area contributed by atoms with Crippen molar-refractivity contribution < 1.29 is 13.6 Å². The number of fused-ring (bicyclic) bond motifs is 1. The van der Waals surface area contributed by atoms with Gasteiger partial charge in [-0.05, 0) is 44.2 Å². The van der Waals surface area contributed by atoms with E-state index in [1.54, 1.807) is 24.4 Å². The second kappa shape index (κ2) is 5.96. The van der Waals surface area contributed by atoms with Crippen LogP contribution in [0.1, 0.15) is 34.6 Å². The summed E-state index contributed by atoms with van der Waals surface area (Å²) in [6.07, 6.45) is 1.67. The predicted octanol–water partition coefficient (Wildman–Crippen LogP) is 4.43. The van der Waals surface area contributed by atoms with E-state index >= 15 is 0 Å². The van der Waals surface area contributed by atoms with Crippen LogP contribution in [-0.4, -0.2) is 10.9 Å². The number of furan rings is 1. The molecule has 3 aromatic rings. The van der Waals surface area contributed by atoms with Crippen molar-refractivity contribution in [2.45, 2.75) is 19.9 Å². The number of rotatable bonds is 3. The van der Waals surface area contributed by atoms with Gasteiger partial charge in [-0.2, -0.15) is 0 Å². The topological polar surface area (TPSA) is 58.0 Å². The number of H-pyrrole nitrogens is 1. The molecule has 3 rings (SSSR count). The smallest absolute Gasteiger partial charge is 0.254 e. The van der Waals surface area contributed by atoms with Crippen molar-refractivity contribution in [2.24, 2.45) is 0 Å². The van der Waals surface area contributed by atoms with E-state index in [0.717, 1.165) is 5.56 Å². The van der Waals surface area contributed by atoms with Crippen molar-refractivity contribution in [3.63, 3.8) is 0 Å². The van der Waals surface area contributed by atoms with Crippen LogP contribution in [0.15, 0.2) is 40.9 Å². The zero-order valence-corrected chi connectivity index (χ0v) is 13.5. The molecule has 0 aliphatic rings. The Morgan fingerprint density at radius 3 is 2.91 bits per heavy atom. The van der Waals surface area contributed by atoms with Gasteiger partial charge in [0.15, 0.2) is 0 Å². The van der Waals surface area contributed by atoms with Crippen molar-refractivity contribution >= 4 is 29.1 Å². The van der Waals surface area contributed by atoms with Gasteiger partial charge in [-0.25, -0.2) is 4.39 Å². The molecule has 0 saturated heterocycles. The van der Waals surface area contributed by atoms with E-state index in [1.807, 2.05) is 13.8 Å². The Hall–Kier alpha value is -2.47. The maximum Gasteiger partial charge on any atom is 0.254 e. The van der Waals surface area contributed by atoms with Gasteiger partial charge in [0.2, 0.25) is 0 Å². The molecular weight excluding hydrogens is 315 g/mol. The number of carbonyl (C=O) groups is 1. The molecule has 1 aromatic carbocycles. The maximum atomic E-state index is 13.4. The van der Waals surface area contributed by atoms with Crippen molar-refractivity contribution in [3.05, 3.63) is 63.9 Å². The zero-order valence-electron chi connectivity index (χ0n) is 12.6. The number of nitrogens with one attached hydrogen (secondary N) is 2. The van der Waals surface area contributed by atoms with E-state index in [2.05, 4.69) is 10.3 Å². The minimum Gasteiger partial charge on any atom is -0.459 e. The molecule has 1 atom stereocenters. The molecule has 0 saturated carbocycles. The van der Waals surface area contributed by atoms with Crippen LogP contribution in [0.25, 0.3) is 11.0 Å². The van der Waals surface area contributed by atoms with Crippen LogP contribution in [0.2, 0.25) is 0 Å². The number of aromatic amines is 1. The Bertz CT molecular complexity index is 945. The lowest BCUT2D eigenvalue weighted by Gasteiger charge is -2.12. The van der Waals surface area contributed by atoms with Crippen LogP contribution >= 0.6 is 12.2 Å². The van der Waals surface area contributed by atoms with Crippen molar-refractivity contribution in [3.8, 4) is 0 Å². The number of amides is 1. The Morgan fingerprint density at radius 1 is 1.39 bits per heavy atom. The van der Waals surface area contributed by atoms with Gasteiger partial charge in [-0.3, -0.25) is 4.79 Å². The van der Waals surface area contributed by atoms with Crippen LogP contribution in [0.4, 0.5) is 4.39 Å². The van der Waals surface area contributed by atoms with Gasteiger partial charge in [0.25, 0.3) is 5.91 Å². The summed E-state index contributed by atoms with van der Waals surface area (Å²) in [7, 11) is 0. The summed E-state index contributed by atoms with van der Waals surface area (Å²) in [6, 6.07) is 7.36. The fourth-order valence-corrected chi connectivity index (χ4v) is 2.79. The van der Waals surface area contributed by atoms with Crippen molar-refractivity contribution in [1.82, 2.24) is 10.3 Å². The van der Waals surface area contributed by atoms with E-state index < -0.39 is 0 Å². The largest absolute Gasteiger partial charge is 0.459 e. The van der Waals surface area contributed by atoms with Crippen LogP contribution < -0.4 is 5.32 Å². The normalized spacial score (nSPS) is 12.3. The number of pyridine rings is 1. The third-order valence-corrected chi connectivity index (χ3v) is 4.08. The molecule has 1 amide bonds. The molecule has 0 aliphatic carbocycles. The highest BCUT2D eigenvalue weighted by atomic mass is 32.1. The highest BCUT2D eigenvalue weighted by Gasteiger charge is 2.19. The lowest BCUT2D eigenvalue weighted by molar-refractivity contribution is 0.0934. The molecule has 0 aliphatic heterocycles. The summed E-state index contributed by atoms with van der Waals surface area (Å²) in [6.45, 7) is 3.66. The summed E-state index contributed by atoms with van der Waals surface area (Å²) >= 11 is 5.11. The SMILES string of the molecule is Cc1c([C@@H](C)NC(=O)c2ccc[nH]c2=S)oc2ccc(F)cc12. The third-order valence-electron chi connectivity index (χ3n) is 3.74. The molecule has 0 unspecified atom stereocenters. The van der Waals surface area contributed by atoms with Gasteiger partial charge < -0.3 is 14.7 Å². The first-order chi connectivity index (χ1) is 11.0. The van der Waals surface area contributed by atoms with Crippen molar-refractivity contribution in [2.75, 3.05) is 0 Å². The fourth-order valence-electron chi connectivity index (χ4n) is 2.57. The first-order valence-electron chi connectivity index (χ1n) is 7.14. The summed E-state index contributed by atoms with van der Waals surface area (Å²) in [5.74, 6) is -0.00428. The lowest BCUT2D eigenvalue weighted by atomic mass is 10.1. The summed E-state index contributed by atoms with van der Waals surface area (Å²) in [5, 5.41) is 3.56. The van der Waals surface area contributed by atoms with E-state index in [9.17, 15) is 9.18 Å². The Balaban J connectivity index is 1.90. The highest BCUT2D eigenvalue weighted by molar-refractivity contribution is 7.71. The molecule has 23 heavy (non-hydrogen) atoms. The Kier molecular flexibility index (Phi) is 4.00. The number of aromatic nitrogens is 1. The second-order valence-corrected chi connectivity index (χ2v) is 5.75. The average Bonchev–Trinajstić information content (AvgIpc) is 2.84. The number of aryl methyl sites for hydroxylation is 1. The Labute approximate surface area is 137 Å². The molecular formula is C17H15FN2O2S. The van der Waals surface area contributed by atoms with Crippen LogP contribution in [0.3, 0.4) is 0 Å². The minimum absolute atomic E-state index is 0.287. The second-order valence-electron chi connectivity index (χ2n) is 5.34. The molecule has 4 nitrogen and oxygen atoms in total. The van der Waals surface area contributed by atoms with Crippen LogP contribution in [0.5, 0.6) is 0 Å². The lowest BCUT2D eigenvalue weighted by Crippen LogP contribution is -2.27. The first-order valence-corrected chi connectivity index (χ1v) is 7.55. The predicted molar refractivity (Wildman–Crippen MR) is 88.4 cm³/mol. The quantitative estimate of drug-likeness (QED) is 0.699. The first kappa shape index (κ1) is 15.4. The number of hydrogen-bond donors (Lipinski definition) is 2. The molecule has 0 bridgehead atoms. The monoisotopic (exact) mass is 330 g/mol. The van der Waals surface area contributed by atoms with Gasteiger partial charge in [0, 0.05) is 17.1 Å². The van der Waals surface area contributed by atoms with Gasteiger partial charge in [-0.15, -0.1) is 0 Å². The van der Waals surface area contributed by atoms with E-state index in [-0.39, 0.29) is 17.8 Å². The Morgan fingerprint density at radius 2 is 2.17 bits per heavy atom. The van der Waals surface area contributed by atoms with Gasteiger partial charge in [0.1, 0.15) is 21.8 Å². The molecule has 2 aromatic heterocycles. The number of benzene rings is 1. The summed E-state index contributed by atoms with van der Waals surface area (Å²) < 4.78 is 19.5. The van der Waals surface area contributed by atoms with Gasteiger partial charge in [0.05, 0.1) is 11.6 Å². The number of hydrogen-bond acceptors (Lipinski definition) is 3. The maximum absolute atomic E-state index is 13.4. The zero-order chi connectivity index (χ0) is 16.6. The van der Waals surface area contributed by atoms with E-state index in [1.165, 1.54) is 12.1 Å². The van der Waals surface area contributed by atoms with Crippen molar-refractivity contribution in [1.29, 1.82) is 0 Å². The number of halogens is 1. The summed E-state index contributed by atoms with van der Waals surface area (Å²) in [4.78, 5) is 15.2. The molecule has 0 fully saturated rings. The molecule has 2 heterocycles. The van der Waals surface area contributed by atoms with Gasteiger partial charge >= 0.3 is 0 Å². The standard InChI is InChI=1S/C17H15FN2O2S/c1-9-13-8-11(18)5-6-14(13)22-15(9)10(2)20-16(21)12-4-3-7-19-17(12)23/h3-8,10H,1-2H3,(H,19,23)(H,20,21)/t10-/m1/s1. The average molecular weight is 330 g/mol. The molecule has 6 heteroatoms. The highest BCUT2D eigenvalue weighted by Crippen LogP contribution is 2.30. The molecule has 0 spiro atoms.